The van der Waals surface area contributed by atoms with Crippen LogP contribution in [0.15, 0.2) is 17.4 Å². The predicted molar refractivity (Wildman–Crippen MR) is 94.6 cm³/mol. The molecule has 0 aromatic carbocycles. The van der Waals surface area contributed by atoms with Gasteiger partial charge in [-0.1, -0.05) is 39.5 Å². The molecule has 1 aliphatic heterocycles. The van der Waals surface area contributed by atoms with Gasteiger partial charge in [0, 0.05) is 29.5 Å². The summed E-state index contributed by atoms with van der Waals surface area (Å²) in [7, 11) is 0. The molecule has 130 valence electrons. The van der Waals surface area contributed by atoms with Gasteiger partial charge < -0.3 is 4.57 Å². The molecule has 7 heteroatoms. The summed E-state index contributed by atoms with van der Waals surface area (Å²) in [6.07, 6.45) is 1.54. The van der Waals surface area contributed by atoms with Crippen molar-refractivity contribution in [3.8, 4) is 17.3 Å². The highest BCUT2D eigenvalue weighted by molar-refractivity contribution is 7.99. The lowest BCUT2D eigenvalue weighted by atomic mass is 9.90. The number of hydrogen-bond donors (Lipinski definition) is 1. The summed E-state index contributed by atoms with van der Waals surface area (Å²) >= 11 is 1.56. The van der Waals surface area contributed by atoms with E-state index in [-0.39, 0.29) is 11.1 Å². The Hall–Kier alpha value is -2.20. The number of hydrogen-bond acceptors (Lipinski definition) is 5. The molecule has 1 aliphatic rings. The fourth-order valence-electron chi connectivity index (χ4n) is 2.85. The van der Waals surface area contributed by atoms with Crippen LogP contribution in [-0.2, 0) is 12.0 Å². The molecule has 3 rings (SSSR count). The van der Waals surface area contributed by atoms with Crippen LogP contribution in [0.4, 0.5) is 4.39 Å². The monoisotopic (exact) mass is 357 g/mol. The Morgan fingerprint density at radius 3 is 2.76 bits per heavy atom. The van der Waals surface area contributed by atoms with E-state index in [0.717, 1.165) is 5.75 Å². The third kappa shape index (κ3) is 3.19. The number of thioether (sulfide) groups is 1. The maximum Gasteiger partial charge on any atom is 0.170 e. The largest absolute Gasteiger partial charge is 0.304 e. The maximum atomic E-state index is 14.5. The average molecular weight is 357 g/mol. The van der Waals surface area contributed by atoms with Gasteiger partial charge in [-0.2, -0.15) is 5.26 Å². The Morgan fingerprint density at radius 2 is 2.16 bits per heavy atom. The second kappa shape index (κ2) is 6.26. The quantitative estimate of drug-likeness (QED) is 0.793. The lowest BCUT2D eigenvalue weighted by molar-refractivity contribution is 0.452. The first kappa shape index (κ1) is 17.6. The zero-order valence-corrected chi connectivity index (χ0v) is 15.5. The van der Waals surface area contributed by atoms with Gasteiger partial charge in [0.25, 0.3) is 0 Å². The molecule has 0 saturated carbocycles. The first-order valence-corrected chi connectivity index (χ1v) is 9.09. The van der Waals surface area contributed by atoms with Crippen molar-refractivity contribution in [2.75, 3.05) is 5.75 Å². The van der Waals surface area contributed by atoms with Crippen molar-refractivity contribution in [2.45, 2.75) is 44.8 Å². The predicted octanol–water partition coefficient (Wildman–Crippen LogP) is 3.47. The molecule has 25 heavy (non-hydrogen) atoms. The third-order valence-corrected chi connectivity index (χ3v) is 5.42. The molecule has 0 saturated heterocycles. The Balaban J connectivity index is 2.19. The summed E-state index contributed by atoms with van der Waals surface area (Å²) in [6, 6.07) is 3.43. The summed E-state index contributed by atoms with van der Waals surface area (Å²) < 4.78 is 16.3. The minimum absolute atomic E-state index is 0.127. The molecular formula is C18H20FN5S. The number of nitriles is 1. The molecule has 0 radical (unpaired) electrons. The number of fused-ring (bicyclic) bond motifs is 1. The van der Waals surface area contributed by atoms with Gasteiger partial charge in [-0.25, -0.2) is 9.37 Å². The number of nitrogens with zero attached hydrogens (tertiary/aromatic N) is 4. The van der Waals surface area contributed by atoms with Crippen LogP contribution in [-0.4, -0.2) is 20.3 Å². The van der Waals surface area contributed by atoms with Gasteiger partial charge in [0.2, 0.25) is 0 Å². The Morgan fingerprint density at radius 1 is 1.44 bits per heavy atom. The van der Waals surface area contributed by atoms with Gasteiger partial charge in [0.15, 0.2) is 5.16 Å². The van der Waals surface area contributed by atoms with Crippen molar-refractivity contribution < 1.29 is 4.39 Å². The molecule has 0 bridgehead atoms. The van der Waals surface area contributed by atoms with Crippen molar-refractivity contribution >= 4 is 11.8 Å². The minimum atomic E-state index is -0.422. The summed E-state index contributed by atoms with van der Waals surface area (Å²) in [5, 5.41) is 18.6. The standard InChI is InChI=1S/C18H20FN5S/c1-10-8-24-16(21)12(6-20)14(23-17(24)25-9-10)11-5-13(19)15(22-7-11)18(2,3)4/h5,7,10,21H,8-9H2,1-4H3/t10-/m0/s1. The van der Waals surface area contributed by atoms with E-state index in [1.165, 1.54) is 6.07 Å². The number of halogens is 1. The molecule has 0 amide bonds. The lowest BCUT2D eigenvalue weighted by Gasteiger charge is -2.24. The number of nitrogens with one attached hydrogen (secondary N) is 1. The summed E-state index contributed by atoms with van der Waals surface area (Å²) in [5.74, 6) is 0.901. The van der Waals surface area contributed by atoms with Gasteiger partial charge >= 0.3 is 0 Å². The van der Waals surface area contributed by atoms with Gasteiger partial charge in [-0.15, -0.1) is 0 Å². The lowest BCUT2D eigenvalue weighted by Crippen LogP contribution is -2.32. The van der Waals surface area contributed by atoms with Crippen LogP contribution in [0, 0.1) is 28.5 Å². The highest BCUT2D eigenvalue weighted by Gasteiger charge is 2.24. The SMILES string of the molecule is C[C@@H]1CSc2nc(-c3cnc(C(C)(C)C)c(F)c3)c(C#N)c(=N)n2C1. The van der Waals surface area contributed by atoms with Crippen LogP contribution < -0.4 is 5.49 Å². The third-order valence-electron chi connectivity index (χ3n) is 4.11. The Kier molecular flexibility index (Phi) is 4.41. The molecule has 2 aromatic rings. The van der Waals surface area contributed by atoms with Gasteiger partial charge in [0.05, 0.1) is 11.4 Å². The first-order valence-electron chi connectivity index (χ1n) is 8.11. The second-order valence-corrected chi connectivity index (χ2v) is 8.40. The van der Waals surface area contributed by atoms with Crippen LogP contribution in [0.5, 0.6) is 0 Å². The topological polar surface area (TPSA) is 78.3 Å². The van der Waals surface area contributed by atoms with E-state index in [9.17, 15) is 9.65 Å². The van der Waals surface area contributed by atoms with Crippen molar-refractivity contribution in [1.29, 1.82) is 10.7 Å². The highest BCUT2D eigenvalue weighted by atomic mass is 32.2. The van der Waals surface area contributed by atoms with Crippen LogP contribution in [0.25, 0.3) is 11.3 Å². The molecule has 0 spiro atoms. The van der Waals surface area contributed by atoms with E-state index >= 15 is 0 Å². The molecule has 0 unspecified atom stereocenters. The van der Waals surface area contributed by atoms with Gasteiger partial charge in [-0.3, -0.25) is 10.4 Å². The van der Waals surface area contributed by atoms with Gasteiger partial charge in [0.1, 0.15) is 22.9 Å². The molecule has 0 fully saturated rings. The average Bonchev–Trinajstić information content (AvgIpc) is 2.54. The smallest absolute Gasteiger partial charge is 0.170 e. The van der Waals surface area contributed by atoms with Crippen molar-refractivity contribution in [3.05, 3.63) is 34.8 Å². The van der Waals surface area contributed by atoms with Crippen molar-refractivity contribution in [2.24, 2.45) is 5.92 Å². The normalized spacial score (nSPS) is 17.0. The molecule has 1 N–H and O–H groups in total. The Labute approximate surface area is 150 Å². The zero-order valence-electron chi connectivity index (χ0n) is 14.7. The van der Waals surface area contributed by atoms with E-state index < -0.39 is 11.2 Å². The first-order chi connectivity index (χ1) is 11.7. The summed E-state index contributed by atoms with van der Waals surface area (Å²) in [6.45, 7) is 8.45. The van der Waals surface area contributed by atoms with Crippen molar-refractivity contribution in [1.82, 2.24) is 14.5 Å². The molecule has 2 aromatic heterocycles. The number of aromatic nitrogens is 3. The molecular weight excluding hydrogens is 337 g/mol. The highest BCUT2D eigenvalue weighted by Crippen LogP contribution is 2.30. The molecule has 5 nitrogen and oxygen atoms in total. The van der Waals surface area contributed by atoms with E-state index in [1.807, 2.05) is 20.8 Å². The maximum absolute atomic E-state index is 14.5. The van der Waals surface area contributed by atoms with Crippen LogP contribution in [0.3, 0.4) is 0 Å². The van der Waals surface area contributed by atoms with Gasteiger partial charge in [-0.05, 0) is 12.0 Å². The van der Waals surface area contributed by atoms with Crippen LogP contribution >= 0.6 is 11.8 Å². The van der Waals surface area contributed by atoms with Crippen molar-refractivity contribution in [3.63, 3.8) is 0 Å². The van der Waals surface area contributed by atoms with Crippen LogP contribution in [0.1, 0.15) is 39.0 Å². The number of rotatable bonds is 1. The fourth-order valence-corrected chi connectivity index (χ4v) is 3.87. The minimum Gasteiger partial charge on any atom is -0.304 e. The van der Waals surface area contributed by atoms with E-state index in [2.05, 4.69) is 23.0 Å². The number of pyridine rings is 1. The van der Waals surface area contributed by atoms with E-state index in [0.29, 0.717) is 34.6 Å². The molecule has 3 heterocycles. The Bertz CT molecular complexity index is 936. The van der Waals surface area contributed by atoms with Crippen LogP contribution in [0.2, 0.25) is 0 Å². The summed E-state index contributed by atoms with van der Waals surface area (Å²) in [4.78, 5) is 8.82. The molecule has 0 aliphatic carbocycles. The second-order valence-electron chi connectivity index (χ2n) is 7.41. The zero-order chi connectivity index (χ0) is 18.4. The summed E-state index contributed by atoms with van der Waals surface area (Å²) in [5.41, 5.74) is 0.999. The fraction of sp³-hybridized carbons (Fsp3) is 0.444. The molecule has 1 atom stereocenters. The van der Waals surface area contributed by atoms with E-state index in [1.54, 1.807) is 22.5 Å². The van der Waals surface area contributed by atoms with E-state index in [4.69, 9.17) is 5.41 Å².